The first-order valence-electron chi connectivity index (χ1n) is 13.0. The average Bonchev–Trinajstić information content (AvgIpc) is 2.92. The molecule has 1 heterocycles. The van der Waals surface area contributed by atoms with Crippen molar-refractivity contribution in [2.45, 2.75) is 18.8 Å². The zero-order valence-electron chi connectivity index (χ0n) is 19.8. The van der Waals surface area contributed by atoms with Crippen LogP contribution in [0.5, 0.6) is 0 Å². The number of esters is 1. The summed E-state index contributed by atoms with van der Waals surface area (Å²) in [5, 5.41) is 16.5. The molecule has 0 aromatic heterocycles. The molecule has 0 spiro atoms. The number of benzene rings is 2. The Morgan fingerprint density at radius 1 is 0.971 bits per heavy atom. The van der Waals surface area contributed by atoms with Crippen molar-refractivity contribution >= 4 is 17.6 Å². The second-order valence-corrected chi connectivity index (χ2v) is 11.7. The molecule has 180 valence electrons. The van der Waals surface area contributed by atoms with Crippen molar-refractivity contribution < 1.29 is 19.4 Å². The third-order valence-corrected chi connectivity index (χ3v) is 11.2. The van der Waals surface area contributed by atoms with Gasteiger partial charge in [-0.15, -0.1) is 0 Å². The summed E-state index contributed by atoms with van der Waals surface area (Å²) in [7, 11) is 1.38. The highest BCUT2D eigenvalue weighted by Crippen LogP contribution is 3.10. The highest BCUT2D eigenvalue weighted by atomic mass is 16.5. The average molecular weight is 471 g/mol. The maximum Gasteiger partial charge on any atom is 0.337 e. The summed E-state index contributed by atoms with van der Waals surface area (Å²) in [4.78, 5) is 26.0. The molecule has 35 heavy (non-hydrogen) atoms. The minimum atomic E-state index is -0.407. The standard InChI is InChI=1S/C29H30N2O4/c1-35-26(33)18-10-17(15-4-2-14(3-5-15)16-6-8-30-9-7-16)11-19(12-18)31-27(34)29-23-20-24(29)22-25(29)21(23)28(20,22)13-32/h2-5,10-12,16,20-25,30,32H,6-9,13H2,1H3,(H,31,34). The maximum atomic E-state index is 13.5. The van der Waals surface area contributed by atoms with Crippen molar-refractivity contribution in [3.63, 3.8) is 0 Å². The van der Waals surface area contributed by atoms with Crippen LogP contribution in [0, 0.1) is 46.3 Å². The summed E-state index contributed by atoms with van der Waals surface area (Å²) in [5.41, 5.74) is 4.36. The molecule has 9 rings (SSSR count). The molecule has 6 nitrogen and oxygen atoms in total. The van der Waals surface area contributed by atoms with Gasteiger partial charge in [0, 0.05) is 17.7 Å². The van der Waals surface area contributed by atoms with Crippen molar-refractivity contribution in [3.8, 4) is 11.1 Å². The van der Waals surface area contributed by atoms with E-state index >= 15 is 0 Å². The molecule has 0 radical (unpaired) electrons. The third-order valence-electron chi connectivity index (χ3n) is 11.2. The molecule has 0 atom stereocenters. The first-order chi connectivity index (χ1) is 17.1. The lowest BCUT2D eigenvalue weighted by Gasteiger charge is -3.10. The van der Waals surface area contributed by atoms with E-state index < -0.39 is 5.97 Å². The van der Waals surface area contributed by atoms with Gasteiger partial charge in [-0.1, -0.05) is 24.3 Å². The van der Waals surface area contributed by atoms with Gasteiger partial charge in [-0.3, -0.25) is 4.79 Å². The number of methoxy groups -OCH3 is 1. The first kappa shape index (κ1) is 20.5. The normalized spacial score (nSPS) is 40.7. The van der Waals surface area contributed by atoms with Crippen LogP contribution in [-0.4, -0.2) is 43.8 Å². The predicted molar refractivity (Wildman–Crippen MR) is 130 cm³/mol. The second kappa shape index (κ2) is 6.54. The number of hydrogen-bond donors (Lipinski definition) is 3. The number of rotatable bonds is 6. The molecule has 0 bridgehead atoms. The number of carbonyl (C=O) groups is 2. The molecule has 6 saturated carbocycles. The van der Waals surface area contributed by atoms with Gasteiger partial charge in [-0.05, 0) is 102 Å². The van der Waals surface area contributed by atoms with Crippen LogP contribution in [0.4, 0.5) is 5.69 Å². The Bertz CT molecular complexity index is 1220. The molecule has 1 amide bonds. The fraction of sp³-hybridized carbons (Fsp3) is 0.517. The monoisotopic (exact) mass is 470 g/mol. The zero-order valence-corrected chi connectivity index (χ0v) is 19.8. The summed E-state index contributed by atoms with van der Waals surface area (Å²) in [6.45, 7) is 2.42. The van der Waals surface area contributed by atoms with Gasteiger partial charge in [0.15, 0.2) is 0 Å². The molecule has 6 heteroatoms. The third kappa shape index (κ3) is 2.06. The van der Waals surface area contributed by atoms with Crippen LogP contribution in [0.25, 0.3) is 11.1 Å². The molecule has 6 aliphatic carbocycles. The summed E-state index contributed by atoms with van der Waals surface area (Å²) >= 11 is 0. The summed E-state index contributed by atoms with van der Waals surface area (Å²) in [6.07, 6.45) is 2.31. The first-order valence-corrected chi connectivity index (χ1v) is 13.0. The van der Waals surface area contributed by atoms with Gasteiger partial charge in [0.1, 0.15) is 0 Å². The topological polar surface area (TPSA) is 87.7 Å². The van der Waals surface area contributed by atoms with E-state index in [0.717, 1.165) is 37.1 Å². The molecule has 7 fully saturated rings. The van der Waals surface area contributed by atoms with Crippen LogP contribution in [0.15, 0.2) is 42.5 Å². The van der Waals surface area contributed by atoms with Crippen molar-refractivity contribution in [2.75, 3.05) is 32.1 Å². The minimum absolute atomic E-state index is 0.113. The largest absolute Gasteiger partial charge is 0.465 e. The molecular formula is C29H30N2O4. The quantitative estimate of drug-likeness (QED) is 0.564. The van der Waals surface area contributed by atoms with E-state index in [9.17, 15) is 14.7 Å². The number of piperidine rings is 1. The van der Waals surface area contributed by atoms with Crippen molar-refractivity contribution in [2.24, 2.45) is 46.3 Å². The zero-order chi connectivity index (χ0) is 23.7. The minimum Gasteiger partial charge on any atom is -0.465 e. The van der Waals surface area contributed by atoms with Crippen LogP contribution in [0.2, 0.25) is 0 Å². The fourth-order valence-corrected chi connectivity index (χ4v) is 9.97. The molecule has 2 aromatic carbocycles. The summed E-state index contributed by atoms with van der Waals surface area (Å²) < 4.78 is 5.00. The molecule has 3 N–H and O–H groups in total. The van der Waals surface area contributed by atoms with Crippen LogP contribution in [0.3, 0.4) is 0 Å². The maximum absolute atomic E-state index is 13.5. The molecule has 1 aliphatic heterocycles. The van der Waals surface area contributed by atoms with E-state index in [1.54, 1.807) is 6.07 Å². The number of amides is 1. The number of anilines is 1. The molecule has 1 saturated heterocycles. The lowest BCUT2D eigenvalue weighted by Crippen LogP contribution is -3.11. The van der Waals surface area contributed by atoms with Crippen LogP contribution in [0.1, 0.15) is 34.7 Å². The summed E-state index contributed by atoms with van der Waals surface area (Å²) in [6, 6.07) is 14.2. The number of aliphatic hydroxyl groups excluding tert-OH is 1. The van der Waals surface area contributed by atoms with Gasteiger partial charge in [-0.25, -0.2) is 4.79 Å². The smallest absolute Gasteiger partial charge is 0.337 e. The fourth-order valence-electron chi connectivity index (χ4n) is 9.97. The SMILES string of the molecule is COC(=O)c1cc(NC(=O)C23C4C5C2C2C3C4C52CO)cc(-c2ccc(C3CCNCC3)cc2)c1. The van der Waals surface area contributed by atoms with Gasteiger partial charge in [-0.2, -0.15) is 0 Å². The van der Waals surface area contributed by atoms with E-state index in [2.05, 4.69) is 34.9 Å². The van der Waals surface area contributed by atoms with Gasteiger partial charge in [0.25, 0.3) is 0 Å². The Balaban J connectivity index is 1.06. The molecular weight excluding hydrogens is 440 g/mol. The second-order valence-electron chi connectivity index (χ2n) is 11.7. The van der Waals surface area contributed by atoms with E-state index in [0.29, 0.717) is 59.3 Å². The lowest BCUT2D eigenvalue weighted by atomic mass is 8.92. The summed E-state index contributed by atoms with van der Waals surface area (Å²) in [5.74, 6) is 3.44. The Labute approximate surface area is 204 Å². The van der Waals surface area contributed by atoms with E-state index in [1.165, 1.54) is 12.7 Å². The predicted octanol–water partition coefficient (Wildman–Crippen LogP) is 3.28. The van der Waals surface area contributed by atoms with E-state index in [-0.39, 0.29) is 16.7 Å². The molecule has 2 aromatic rings. The van der Waals surface area contributed by atoms with Gasteiger partial charge >= 0.3 is 5.97 Å². The molecule has 0 unspecified atom stereocenters. The van der Waals surface area contributed by atoms with Crippen molar-refractivity contribution in [1.29, 1.82) is 0 Å². The van der Waals surface area contributed by atoms with E-state index in [4.69, 9.17) is 4.74 Å². The number of aliphatic hydroxyl groups is 1. The number of hydrogen-bond acceptors (Lipinski definition) is 5. The highest BCUT2D eigenvalue weighted by molar-refractivity contribution is 6.03. The molecule has 7 aliphatic rings. The van der Waals surface area contributed by atoms with Gasteiger partial charge in [0.2, 0.25) is 5.91 Å². The highest BCUT2D eigenvalue weighted by Gasteiger charge is 3.11. The Morgan fingerprint density at radius 2 is 1.63 bits per heavy atom. The Hall–Kier alpha value is -2.70. The van der Waals surface area contributed by atoms with Crippen molar-refractivity contribution in [3.05, 3.63) is 53.6 Å². The van der Waals surface area contributed by atoms with Gasteiger partial charge < -0.3 is 20.5 Å². The Morgan fingerprint density at radius 3 is 2.23 bits per heavy atom. The lowest BCUT2D eigenvalue weighted by molar-refractivity contribution is -0.643. The number of carbonyl (C=O) groups excluding carboxylic acids is 2. The van der Waals surface area contributed by atoms with Gasteiger partial charge in [0.05, 0.1) is 18.1 Å². The van der Waals surface area contributed by atoms with Crippen LogP contribution < -0.4 is 10.6 Å². The van der Waals surface area contributed by atoms with Crippen molar-refractivity contribution in [1.82, 2.24) is 5.32 Å². The Kier molecular flexibility index (Phi) is 3.83. The van der Waals surface area contributed by atoms with E-state index in [1.807, 2.05) is 12.1 Å². The van der Waals surface area contributed by atoms with Crippen LogP contribution >= 0.6 is 0 Å². The van der Waals surface area contributed by atoms with Crippen LogP contribution in [-0.2, 0) is 9.53 Å². The number of ether oxygens (including phenoxy) is 1. The number of nitrogens with one attached hydrogen (secondary N) is 2.